The number of nitrogen functional groups attached to an aromatic ring is 1. The van der Waals surface area contributed by atoms with Crippen molar-refractivity contribution >= 4 is 23.1 Å². The van der Waals surface area contributed by atoms with Gasteiger partial charge in [0, 0.05) is 12.1 Å². The van der Waals surface area contributed by atoms with E-state index in [2.05, 4.69) is 9.88 Å². The maximum atomic E-state index is 6.18. The van der Waals surface area contributed by atoms with E-state index in [1.807, 2.05) is 0 Å². The molecule has 0 aliphatic carbocycles. The molecule has 0 radical (unpaired) electrons. The Morgan fingerprint density at radius 1 is 1.27 bits per heavy atom. The fourth-order valence-electron chi connectivity index (χ4n) is 2.89. The molecule has 2 aliphatic heterocycles. The Kier molecular flexibility index (Phi) is 2.02. The van der Waals surface area contributed by atoms with E-state index in [4.69, 9.17) is 17.3 Å². The number of aromatic nitrogens is 1. The lowest BCUT2D eigenvalue weighted by Gasteiger charge is -2.24. The Balaban J connectivity index is 1.99. The summed E-state index contributed by atoms with van der Waals surface area (Å²) in [5.41, 5.74) is 6.28. The van der Waals surface area contributed by atoms with Crippen molar-refractivity contribution in [1.82, 2.24) is 4.98 Å². The van der Waals surface area contributed by atoms with Gasteiger partial charge in [0.2, 0.25) is 0 Å². The first-order valence-electron chi connectivity index (χ1n) is 5.45. The summed E-state index contributed by atoms with van der Waals surface area (Å²) in [5, 5.41) is 0.689. The van der Waals surface area contributed by atoms with Crippen LogP contribution in [-0.4, -0.2) is 17.1 Å². The van der Waals surface area contributed by atoms with Gasteiger partial charge in [0.1, 0.15) is 5.82 Å². The van der Waals surface area contributed by atoms with E-state index in [0.29, 0.717) is 22.8 Å². The minimum Gasteiger partial charge on any atom is -0.397 e. The second-order valence-corrected chi connectivity index (χ2v) is 4.85. The molecule has 0 atom stereocenters. The van der Waals surface area contributed by atoms with Crippen LogP contribution in [0.1, 0.15) is 25.7 Å². The Hall–Kier alpha value is -0.960. The second kappa shape index (κ2) is 3.27. The molecule has 2 saturated heterocycles. The molecule has 2 fully saturated rings. The normalized spacial score (nSPS) is 28.7. The lowest BCUT2D eigenvalue weighted by molar-refractivity contribution is 0.576. The van der Waals surface area contributed by atoms with Crippen molar-refractivity contribution in [3.05, 3.63) is 17.3 Å². The fraction of sp³-hybridized carbons (Fsp3) is 0.545. The summed E-state index contributed by atoms with van der Waals surface area (Å²) >= 11 is 6.18. The van der Waals surface area contributed by atoms with Gasteiger partial charge in [0.05, 0.1) is 16.9 Å². The van der Waals surface area contributed by atoms with Crippen molar-refractivity contribution in [2.75, 3.05) is 10.6 Å². The van der Waals surface area contributed by atoms with Crippen molar-refractivity contribution in [1.29, 1.82) is 0 Å². The smallest absolute Gasteiger partial charge is 0.148 e. The zero-order valence-electron chi connectivity index (χ0n) is 8.49. The molecule has 0 unspecified atom stereocenters. The SMILES string of the molecule is Nc1cnc(N2C3CCC2CC3)c(Cl)c1. The van der Waals surface area contributed by atoms with Gasteiger partial charge in [-0.3, -0.25) is 0 Å². The zero-order valence-corrected chi connectivity index (χ0v) is 9.24. The van der Waals surface area contributed by atoms with Crippen molar-refractivity contribution in [2.45, 2.75) is 37.8 Å². The lowest BCUT2D eigenvalue weighted by Crippen LogP contribution is -2.29. The summed E-state index contributed by atoms with van der Waals surface area (Å²) in [5.74, 6) is 0.927. The van der Waals surface area contributed by atoms with Gasteiger partial charge in [-0.1, -0.05) is 11.6 Å². The van der Waals surface area contributed by atoms with Crippen LogP contribution in [0.2, 0.25) is 5.02 Å². The van der Waals surface area contributed by atoms with Crippen molar-refractivity contribution in [3.63, 3.8) is 0 Å². The van der Waals surface area contributed by atoms with Gasteiger partial charge in [0.25, 0.3) is 0 Å². The highest BCUT2D eigenvalue weighted by molar-refractivity contribution is 6.33. The molecule has 1 aromatic rings. The first-order chi connectivity index (χ1) is 7.25. The zero-order chi connectivity index (χ0) is 10.4. The largest absolute Gasteiger partial charge is 0.397 e. The average Bonchev–Trinajstić information content (AvgIpc) is 2.78. The van der Waals surface area contributed by atoms with Gasteiger partial charge < -0.3 is 10.6 Å². The number of fused-ring (bicyclic) bond motifs is 2. The molecule has 2 aliphatic rings. The van der Waals surface area contributed by atoms with E-state index in [9.17, 15) is 0 Å². The number of halogens is 1. The highest BCUT2D eigenvalue weighted by atomic mass is 35.5. The van der Waals surface area contributed by atoms with Crippen LogP contribution < -0.4 is 10.6 Å². The van der Waals surface area contributed by atoms with E-state index in [0.717, 1.165) is 5.82 Å². The third kappa shape index (κ3) is 1.37. The topological polar surface area (TPSA) is 42.1 Å². The van der Waals surface area contributed by atoms with E-state index >= 15 is 0 Å². The molecule has 3 rings (SSSR count). The van der Waals surface area contributed by atoms with Crippen molar-refractivity contribution in [2.24, 2.45) is 0 Å². The van der Waals surface area contributed by atoms with Gasteiger partial charge in [-0.25, -0.2) is 4.98 Å². The molecule has 80 valence electrons. The van der Waals surface area contributed by atoms with Gasteiger partial charge in [-0.15, -0.1) is 0 Å². The summed E-state index contributed by atoms with van der Waals surface area (Å²) in [6.07, 6.45) is 6.83. The summed E-state index contributed by atoms with van der Waals surface area (Å²) in [6, 6.07) is 3.11. The summed E-state index contributed by atoms with van der Waals surface area (Å²) in [6.45, 7) is 0. The minimum absolute atomic E-state index is 0.635. The van der Waals surface area contributed by atoms with Crippen LogP contribution in [0, 0.1) is 0 Å². The molecule has 2 bridgehead atoms. The molecule has 15 heavy (non-hydrogen) atoms. The quantitative estimate of drug-likeness (QED) is 0.795. The van der Waals surface area contributed by atoms with E-state index in [1.54, 1.807) is 12.3 Å². The predicted octanol–water partition coefficient (Wildman–Crippen LogP) is 2.45. The standard InChI is InChI=1S/C11H14ClN3/c12-10-5-7(13)6-14-11(10)15-8-1-2-9(15)4-3-8/h5-6,8-9H,1-4,13H2. The Morgan fingerprint density at radius 3 is 2.40 bits per heavy atom. The second-order valence-electron chi connectivity index (χ2n) is 4.44. The van der Waals surface area contributed by atoms with Crippen LogP contribution in [0.3, 0.4) is 0 Å². The molecule has 0 saturated carbocycles. The predicted molar refractivity (Wildman–Crippen MR) is 62.2 cm³/mol. The molecule has 3 nitrogen and oxygen atoms in total. The summed E-state index contributed by atoms with van der Waals surface area (Å²) in [7, 11) is 0. The van der Waals surface area contributed by atoms with Gasteiger partial charge in [0.15, 0.2) is 0 Å². The number of hydrogen-bond donors (Lipinski definition) is 1. The third-order valence-electron chi connectivity index (χ3n) is 3.54. The Labute approximate surface area is 94.2 Å². The number of anilines is 2. The molecule has 3 heterocycles. The molecule has 1 aromatic heterocycles. The van der Waals surface area contributed by atoms with Crippen LogP contribution in [0.15, 0.2) is 12.3 Å². The van der Waals surface area contributed by atoms with Crippen LogP contribution >= 0.6 is 11.6 Å². The van der Waals surface area contributed by atoms with Crippen LogP contribution in [0.25, 0.3) is 0 Å². The summed E-state index contributed by atoms with van der Waals surface area (Å²) in [4.78, 5) is 6.76. The maximum absolute atomic E-state index is 6.18. The van der Waals surface area contributed by atoms with E-state index in [1.165, 1.54) is 25.7 Å². The van der Waals surface area contributed by atoms with Crippen molar-refractivity contribution in [3.8, 4) is 0 Å². The molecular weight excluding hydrogens is 210 g/mol. The monoisotopic (exact) mass is 223 g/mol. The van der Waals surface area contributed by atoms with Crippen LogP contribution in [0.5, 0.6) is 0 Å². The van der Waals surface area contributed by atoms with Gasteiger partial charge in [-0.2, -0.15) is 0 Å². The Morgan fingerprint density at radius 2 is 1.87 bits per heavy atom. The van der Waals surface area contributed by atoms with Crippen molar-refractivity contribution < 1.29 is 0 Å². The molecular formula is C11H14ClN3. The third-order valence-corrected chi connectivity index (χ3v) is 3.82. The number of nitrogens with zero attached hydrogens (tertiary/aromatic N) is 2. The average molecular weight is 224 g/mol. The summed E-state index contributed by atoms with van der Waals surface area (Å²) < 4.78 is 0. The van der Waals surface area contributed by atoms with Gasteiger partial charge >= 0.3 is 0 Å². The Bertz CT molecular complexity index is 373. The molecule has 2 N–H and O–H groups in total. The highest BCUT2D eigenvalue weighted by Crippen LogP contribution is 2.42. The first kappa shape index (κ1) is 9.28. The number of nitrogens with two attached hydrogens (primary N) is 1. The molecule has 0 amide bonds. The highest BCUT2D eigenvalue weighted by Gasteiger charge is 2.40. The molecule has 0 spiro atoms. The van der Waals surface area contributed by atoms with E-state index < -0.39 is 0 Å². The molecule has 0 aromatic carbocycles. The maximum Gasteiger partial charge on any atom is 0.148 e. The first-order valence-corrected chi connectivity index (χ1v) is 5.83. The minimum atomic E-state index is 0.635. The number of hydrogen-bond acceptors (Lipinski definition) is 3. The molecule has 4 heteroatoms. The van der Waals surface area contributed by atoms with Gasteiger partial charge in [-0.05, 0) is 31.7 Å². The number of pyridine rings is 1. The van der Waals surface area contributed by atoms with Crippen LogP contribution in [0.4, 0.5) is 11.5 Å². The van der Waals surface area contributed by atoms with E-state index in [-0.39, 0.29) is 0 Å². The number of rotatable bonds is 1. The van der Waals surface area contributed by atoms with Crippen LogP contribution in [-0.2, 0) is 0 Å². The lowest BCUT2D eigenvalue weighted by atomic mass is 10.0. The fourth-order valence-corrected chi connectivity index (χ4v) is 3.17.